The van der Waals surface area contributed by atoms with Gasteiger partial charge in [0.25, 0.3) is 0 Å². The van der Waals surface area contributed by atoms with Crippen LogP contribution in [0.5, 0.6) is 0 Å². The number of aliphatic hydroxyl groups excluding tert-OH is 3. The van der Waals surface area contributed by atoms with E-state index >= 15 is 0 Å². The van der Waals surface area contributed by atoms with Crippen molar-refractivity contribution < 1.29 is 44.2 Å². The molecule has 0 aromatic heterocycles. The van der Waals surface area contributed by atoms with Gasteiger partial charge in [0.05, 0.1) is 19.6 Å². The van der Waals surface area contributed by atoms with E-state index in [1.165, 1.54) is 64.2 Å². The third-order valence-electron chi connectivity index (χ3n) is 9.48. The molecule has 0 rings (SSSR count). The molecule has 0 spiro atoms. The van der Waals surface area contributed by atoms with E-state index in [-0.39, 0.29) is 25.7 Å². The van der Waals surface area contributed by atoms with E-state index in [9.17, 15) is 29.7 Å². The van der Waals surface area contributed by atoms with Crippen LogP contribution in [0.3, 0.4) is 0 Å². The lowest BCUT2D eigenvalue weighted by Crippen LogP contribution is -2.62. The first-order valence-corrected chi connectivity index (χ1v) is 19.1. The zero-order valence-electron chi connectivity index (χ0n) is 30.8. The van der Waals surface area contributed by atoms with Crippen molar-refractivity contribution in [2.75, 3.05) is 13.2 Å². The van der Waals surface area contributed by atoms with Gasteiger partial charge in [-0.3, -0.25) is 4.79 Å². The number of ether oxygens (including phenoxy) is 1. The van der Waals surface area contributed by atoms with E-state index in [1.807, 2.05) is 0 Å². The van der Waals surface area contributed by atoms with Crippen molar-refractivity contribution in [2.24, 2.45) is 11.3 Å². The minimum absolute atomic E-state index is 0.0392. The molecule has 0 fully saturated rings. The molecule has 0 bridgehead atoms. The van der Waals surface area contributed by atoms with Gasteiger partial charge in [-0.15, -0.1) is 0 Å². The third-order valence-corrected chi connectivity index (χ3v) is 9.48. The highest BCUT2D eigenvalue weighted by atomic mass is 17.2. The zero-order chi connectivity index (χ0) is 35.4. The quantitative estimate of drug-likeness (QED) is 0.0286. The zero-order valence-corrected chi connectivity index (χ0v) is 30.8. The maximum Gasteiger partial charge on any atom is 0.401 e. The number of hydrogen-bond donors (Lipinski definition) is 3. The van der Waals surface area contributed by atoms with Gasteiger partial charge in [-0.2, -0.15) is 0 Å². The second-order valence-electron chi connectivity index (χ2n) is 14.1. The number of carbonyl (C=O) groups excluding carboxylic acids is 3. The number of unbranched alkanes of at least 4 members (excludes halogenated alkanes) is 16. The fraction of sp³-hybridized carbons (Fsp3) is 0.921. The van der Waals surface area contributed by atoms with Crippen molar-refractivity contribution in [1.82, 2.24) is 0 Å². The van der Waals surface area contributed by atoms with Crippen LogP contribution in [0.1, 0.15) is 189 Å². The maximum absolute atomic E-state index is 13.5. The predicted molar refractivity (Wildman–Crippen MR) is 186 cm³/mol. The predicted octanol–water partition coefficient (Wildman–Crippen LogP) is 8.68. The van der Waals surface area contributed by atoms with Crippen LogP contribution >= 0.6 is 0 Å². The van der Waals surface area contributed by atoms with Crippen molar-refractivity contribution in [2.45, 2.75) is 200 Å². The Balaban J connectivity index is 5.02. The highest BCUT2D eigenvalue weighted by Gasteiger charge is 2.58. The van der Waals surface area contributed by atoms with Gasteiger partial charge < -0.3 is 20.1 Å². The fourth-order valence-corrected chi connectivity index (χ4v) is 6.09. The summed E-state index contributed by atoms with van der Waals surface area (Å²) in [5, 5.41) is 31.8. The fourth-order valence-electron chi connectivity index (χ4n) is 6.09. The topological polar surface area (TPSA) is 140 Å². The van der Waals surface area contributed by atoms with E-state index in [1.54, 1.807) is 13.8 Å². The van der Waals surface area contributed by atoms with E-state index in [0.29, 0.717) is 25.2 Å². The summed E-state index contributed by atoms with van der Waals surface area (Å²) < 4.78 is 5.73. The van der Waals surface area contributed by atoms with Gasteiger partial charge in [-0.05, 0) is 25.2 Å². The van der Waals surface area contributed by atoms with E-state index < -0.39 is 48.2 Å². The van der Waals surface area contributed by atoms with Crippen molar-refractivity contribution in [1.29, 1.82) is 0 Å². The first-order chi connectivity index (χ1) is 22.6. The van der Waals surface area contributed by atoms with Crippen LogP contribution in [-0.2, 0) is 28.9 Å². The highest BCUT2D eigenvalue weighted by molar-refractivity contribution is 5.85. The summed E-state index contributed by atoms with van der Waals surface area (Å²) in [6.45, 7) is 8.65. The molecule has 9 nitrogen and oxygen atoms in total. The molecule has 0 aliphatic heterocycles. The number of carbonyl (C=O) groups is 3. The number of esters is 1. The van der Waals surface area contributed by atoms with Crippen LogP contribution in [0.15, 0.2) is 0 Å². The molecule has 3 N–H and O–H groups in total. The Labute approximate surface area is 286 Å². The molecule has 2 unspecified atom stereocenters. The Kier molecular flexibility index (Phi) is 27.1. The lowest BCUT2D eigenvalue weighted by molar-refractivity contribution is -0.283. The van der Waals surface area contributed by atoms with E-state index in [4.69, 9.17) is 14.5 Å². The van der Waals surface area contributed by atoms with Crippen molar-refractivity contribution in [3.63, 3.8) is 0 Å². The first kappa shape index (κ1) is 45.3. The number of hydrogen-bond acceptors (Lipinski definition) is 9. The average molecular weight is 673 g/mol. The van der Waals surface area contributed by atoms with Crippen LogP contribution in [0, 0.1) is 11.3 Å². The molecule has 278 valence electrons. The van der Waals surface area contributed by atoms with Gasteiger partial charge in [-0.25, -0.2) is 19.4 Å². The number of aliphatic hydroxyl groups is 3. The summed E-state index contributed by atoms with van der Waals surface area (Å²) in [7, 11) is 0. The standard InChI is InChI=1S/C38H72O9/c1-6-9-10-11-12-13-14-15-16-17-18-19-20-24-27-33(41)45-38(29-7-2,35(43)37(8-3,30-39)31-40)36(44)47-46-34(42)28-25-22-21-23-26-32(4)5/h32,35,39-40,43H,6-31H2,1-5H3. The summed E-state index contributed by atoms with van der Waals surface area (Å²) in [4.78, 5) is 48.7. The van der Waals surface area contributed by atoms with Gasteiger partial charge >= 0.3 is 17.9 Å². The Morgan fingerprint density at radius 3 is 1.47 bits per heavy atom. The summed E-state index contributed by atoms with van der Waals surface area (Å²) in [5.41, 5.74) is -3.82. The molecule has 0 heterocycles. The second-order valence-corrected chi connectivity index (χ2v) is 14.1. The van der Waals surface area contributed by atoms with Crippen molar-refractivity contribution in [3.8, 4) is 0 Å². The highest BCUT2D eigenvalue weighted by Crippen LogP contribution is 2.38. The van der Waals surface area contributed by atoms with Crippen LogP contribution in [0.25, 0.3) is 0 Å². The summed E-state index contributed by atoms with van der Waals surface area (Å²) in [6, 6.07) is 0. The lowest BCUT2D eigenvalue weighted by atomic mass is 9.71. The Bertz CT molecular complexity index is 788. The molecule has 0 saturated heterocycles. The smallest absolute Gasteiger partial charge is 0.401 e. The minimum Gasteiger partial charge on any atom is -0.444 e. The molecule has 0 aliphatic rings. The van der Waals surface area contributed by atoms with Crippen LogP contribution in [0.2, 0.25) is 0 Å². The third kappa shape index (κ3) is 19.2. The largest absolute Gasteiger partial charge is 0.444 e. The van der Waals surface area contributed by atoms with Gasteiger partial charge in [0.15, 0.2) is 0 Å². The lowest BCUT2D eigenvalue weighted by Gasteiger charge is -2.43. The Morgan fingerprint density at radius 1 is 0.596 bits per heavy atom. The molecule has 9 heteroatoms. The molecule has 0 aliphatic carbocycles. The molecule has 2 atom stereocenters. The molecule has 0 radical (unpaired) electrons. The summed E-state index contributed by atoms with van der Waals surface area (Å²) in [5.74, 6) is -2.02. The molecule has 0 amide bonds. The molecular weight excluding hydrogens is 600 g/mol. The minimum atomic E-state index is -2.26. The van der Waals surface area contributed by atoms with E-state index in [0.717, 1.165) is 44.9 Å². The first-order valence-electron chi connectivity index (χ1n) is 19.1. The molecule has 0 aromatic carbocycles. The summed E-state index contributed by atoms with van der Waals surface area (Å²) in [6.07, 6.45) is 19.6. The van der Waals surface area contributed by atoms with Crippen molar-refractivity contribution >= 4 is 17.9 Å². The SMILES string of the molecule is CCCCCCCCCCCCCCCCC(=O)OC(CCC)(C(=O)OOC(=O)CCCCCCC(C)C)C(O)C(CC)(CO)CO. The van der Waals surface area contributed by atoms with E-state index in [2.05, 4.69) is 20.8 Å². The van der Waals surface area contributed by atoms with Gasteiger partial charge in [-0.1, -0.05) is 150 Å². The Morgan fingerprint density at radius 2 is 1.04 bits per heavy atom. The molecular formula is C38H72O9. The molecule has 0 aromatic rings. The number of rotatable bonds is 31. The van der Waals surface area contributed by atoms with Crippen LogP contribution < -0.4 is 0 Å². The van der Waals surface area contributed by atoms with Gasteiger partial charge in [0, 0.05) is 18.3 Å². The summed E-state index contributed by atoms with van der Waals surface area (Å²) >= 11 is 0. The normalized spacial score (nSPS) is 13.7. The molecule has 47 heavy (non-hydrogen) atoms. The average Bonchev–Trinajstić information content (AvgIpc) is 3.05. The van der Waals surface area contributed by atoms with Crippen LogP contribution in [-0.4, -0.2) is 58.1 Å². The van der Waals surface area contributed by atoms with Crippen molar-refractivity contribution in [3.05, 3.63) is 0 Å². The van der Waals surface area contributed by atoms with Gasteiger partial charge in [0.1, 0.15) is 6.10 Å². The van der Waals surface area contributed by atoms with Gasteiger partial charge in [0.2, 0.25) is 5.60 Å². The maximum atomic E-state index is 13.5. The molecule has 0 saturated carbocycles. The van der Waals surface area contributed by atoms with Crippen LogP contribution in [0.4, 0.5) is 0 Å². The monoisotopic (exact) mass is 673 g/mol. The Hall–Kier alpha value is -1.71. The second kappa shape index (κ2) is 28.2.